The van der Waals surface area contributed by atoms with Crippen molar-refractivity contribution in [3.63, 3.8) is 0 Å². The van der Waals surface area contributed by atoms with Crippen molar-refractivity contribution in [3.8, 4) is 5.75 Å². The quantitative estimate of drug-likeness (QED) is 0.886. The lowest BCUT2D eigenvalue weighted by Gasteiger charge is -2.21. The molecule has 0 aromatic heterocycles. The maximum Gasteiger partial charge on any atom is 0.166 e. The molecule has 88 valence electrons. The number of hydrogen-bond donors (Lipinski definition) is 1. The molecule has 1 aromatic rings. The van der Waals surface area contributed by atoms with Crippen LogP contribution in [0.1, 0.15) is 24.0 Å². The predicted octanol–water partition coefficient (Wildman–Crippen LogP) is 2.79. The number of benzene rings is 1. The minimum absolute atomic E-state index is 0.124. The maximum absolute atomic E-state index is 13.7. The molecule has 0 heterocycles. The van der Waals surface area contributed by atoms with Crippen LogP contribution in [0.25, 0.3) is 0 Å². The topological polar surface area (TPSA) is 35.2 Å². The highest BCUT2D eigenvalue weighted by atomic mass is 35.5. The molecule has 1 fully saturated rings. The first-order valence-electron chi connectivity index (χ1n) is 5.29. The monoisotopic (exact) mass is 243 g/mol. The van der Waals surface area contributed by atoms with Crippen LogP contribution in [-0.2, 0) is 5.41 Å². The van der Waals surface area contributed by atoms with Gasteiger partial charge in [0.1, 0.15) is 0 Å². The summed E-state index contributed by atoms with van der Waals surface area (Å²) in [6.45, 7) is 2.39. The van der Waals surface area contributed by atoms with E-state index < -0.39 is 5.82 Å². The summed E-state index contributed by atoms with van der Waals surface area (Å²) in [6, 6.07) is 1.30. The molecule has 1 aliphatic carbocycles. The Hall–Kier alpha value is -0.800. The van der Waals surface area contributed by atoms with E-state index in [4.69, 9.17) is 22.1 Å². The number of methoxy groups -OCH3 is 1. The molecule has 16 heavy (non-hydrogen) atoms. The summed E-state index contributed by atoms with van der Waals surface area (Å²) in [5, 5.41) is 0.438. The summed E-state index contributed by atoms with van der Waals surface area (Å²) < 4.78 is 18.9. The Balaban J connectivity index is 2.66. The molecule has 1 saturated carbocycles. The largest absolute Gasteiger partial charge is 0.493 e. The van der Waals surface area contributed by atoms with Crippen LogP contribution in [0.3, 0.4) is 0 Å². The highest BCUT2D eigenvalue weighted by Crippen LogP contribution is 2.53. The van der Waals surface area contributed by atoms with Crippen molar-refractivity contribution in [1.29, 1.82) is 0 Å². The number of ether oxygens (including phenoxy) is 1. The molecule has 0 saturated heterocycles. The van der Waals surface area contributed by atoms with E-state index in [2.05, 4.69) is 0 Å². The Morgan fingerprint density at radius 2 is 2.19 bits per heavy atom. The van der Waals surface area contributed by atoms with Gasteiger partial charge >= 0.3 is 0 Å². The number of halogens is 2. The molecule has 2 nitrogen and oxygen atoms in total. The Kier molecular flexibility index (Phi) is 2.84. The highest BCUT2D eigenvalue weighted by Gasteiger charge is 2.46. The zero-order chi connectivity index (χ0) is 11.9. The van der Waals surface area contributed by atoms with E-state index in [-0.39, 0.29) is 5.41 Å². The van der Waals surface area contributed by atoms with Crippen molar-refractivity contribution >= 4 is 11.6 Å². The van der Waals surface area contributed by atoms with E-state index in [1.165, 1.54) is 13.2 Å². The standard InChI is InChI=1S/C12H15ClFNO/c1-7-8(13)5-9(14)11(16-2)10(7)12(6-15)3-4-12/h5H,3-4,6,15H2,1-2H3. The van der Waals surface area contributed by atoms with Gasteiger partial charge in [-0.25, -0.2) is 4.39 Å². The van der Waals surface area contributed by atoms with E-state index in [1.807, 2.05) is 6.92 Å². The summed E-state index contributed by atoms with van der Waals surface area (Å²) in [5.41, 5.74) is 7.38. The molecule has 2 N–H and O–H groups in total. The average molecular weight is 244 g/mol. The van der Waals surface area contributed by atoms with Crippen LogP contribution in [0.4, 0.5) is 4.39 Å². The lowest BCUT2D eigenvalue weighted by molar-refractivity contribution is 0.375. The zero-order valence-corrected chi connectivity index (χ0v) is 10.2. The third-order valence-corrected chi connectivity index (χ3v) is 3.80. The molecule has 1 aliphatic rings. The summed E-state index contributed by atoms with van der Waals surface area (Å²) >= 11 is 6.00. The molecule has 2 rings (SSSR count). The molecule has 0 spiro atoms. The van der Waals surface area contributed by atoms with Crippen LogP contribution >= 0.6 is 11.6 Å². The zero-order valence-electron chi connectivity index (χ0n) is 9.44. The molecule has 0 amide bonds. The molecular formula is C12H15ClFNO. The van der Waals surface area contributed by atoms with Gasteiger partial charge in [0.25, 0.3) is 0 Å². The lowest BCUT2D eigenvalue weighted by Crippen LogP contribution is -2.22. The van der Waals surface area contributed by atoms with Gasteiger partial charge in [0.15, 0.2) is 11.6 Å². The Labute approximate surface area is 99.5 Å². The van der Waals surface area contributed by atoms with Crippen LogP contribution in [-0.4, -0.2) is 13.7 Å². The maximum atomic E-state index is 13.7. The molecule has 0 atom stereocenters. The fraction of sp³-hybridized carbons (Fsp3) is 0.500. The third kappa shape index (κ3) is 1.59. The van der Waals surface area contributed by atoms with Gasteiger partial charge in [-0.05, 0) is 31.4 Å². The van der Waals surface area contributed by atoms with E-state index in [9.17, 15) is 4.39 Å². The Bertz CT molecular complexity index is 430. The SMILES string of the molecule is COc1c(F)cc(Cl)c(C)c1C1(CN)CC1. The first-order valence-corrected chi connectivity index (χ1v) is 5.66. The number of hydrogen-bond acceptors (Lipinski definition) is 2. The van der Waals surface area contributed by atoms with Gasteiger partial charge in [0.2, 0.25) is 0 Å². The smallest absolute Gasteiger partial charge is 0.166 e. The second-order valence-electron chi connectivity index (χ2n) is 4.36. The van der Waals surface area contributed by atoms with Gasteiger partial charge in [0.05, 0.1) is 7.11 Å². The molecule has 0 radical (unpaired) electrons. The van der Waals surface area contributed by atoms with Crippen LogP contribution in [0, 0.1) is 12.7 Å². The molecule has 4 heteroatoms. The van der Waals surface area contributed by atoms with Gasteiger partial charge in [-0.3, -0.25) is 0 Å². The Morgan fingerprint density at radius 3 is 2.62 bits per heavy atom. The lowest BCUT2D eigenvalue weighted by atomic mass is 9.90. The van der Waals surface area contributed by atoms with Crippen molar-refractivity contribution in [2.45, 2.75) is 25.2 Å². The van der Waals surface area contributed by atoms with Crippen molar-refractivity contribution in [1.82, 2.24) is 0 Å². The van der Waals surface area contributed by atoms with E-state index in [0.717, 1.165) is 24.0 Å². The second kappa shape index (κ2) is 3.90. The van der Waals surface area contributed by atoms with Gasteiger partial charge in [-0.2, -0.15) is 0 Å². The Morgan fingerprint density at radius 1 is 1.56 bits per heavy atom. The average Bonchev–Trinajstić information content (AvgIpc) is 3.03. The van der Waals surface area contributed by atoms with Crippen molar-refractivity contribution < 1.29 is 9.13 Å². The fourth-order valence-corrected chi connectivity index (χ4v) is 2.43. The normalized spacial score (nSPS) is 17.3. The number of rotatable bonds is 3. The van der Waals surface area contributed by atoms with E-state index in [1.54, 1.807) is 0 Å². The van der Waals surface area contributed by atoms with E-state index >= 15 is 0 Å². The van der Waals surface area contributed by atoms with Gasteiger partial charge in [-0.15, -0.1) is 0 Å². The fourth-order valence-electron chi connectivity index (χ4n) is 2.24. The summed E-state index contributed by atoms with van der Waals surface area (Å²) in [6.07, 6.45) is 1.95. The molecule has 0 bridgehead atoms. The number of nitrogens with two attached hydrogens (primary N) is 1. The van der Waals surface area contributed by atoms with Crippen LogP contribution in [0.2, 0.25) is 5.02 Å². The highest BCUT2D eigenvalue weighted by molar-refractivity contribution is 6.31. The van der Waals surface area contributed by atoms with Crippen LogP contribution < -0.4 is 10.5 Å². The molecule has 0 aliphatic heterocycles. The van der Waals surface area contributed by atoms with E-state index in [0.29, 0.717) is 17.3 Å². The first kappa shape index (κ1) is 11.7. The second-order valence-corrected chi connectivity index (χ2v) is 4.77. The van der Waals surface area contributed by atoms with Crippen molar-refractivity contribution in [2.24, 2.45) is 5.73 Å². The van der Waals surface area contributed by atoms with Crippen LogP contribution in [0.5, 0.6) is 5.75 Å². The predicted molar refractivity (Wildman–Crippen MR) is 62.7 cm³/mol. The summed E-state index contributed by atoms with van der Waals surface area (Å²) in [7, 11) is 1.47. The first-order chi connectivity index (χ1) is 7.55. The molecule has 0 unspecified atom stereocenters. The summed E-state index contributed by atoms with van der Waals surface area (Å²) in [5.74, 6) is -0.113. The minimum atomic E-state index is -0.409. The summed E-state index contributed by atoms with van der Waals surface area (Å²) in [4.78, 5) is 0. The minimum Gasteiger partial charge on any atom is -0.493 e. The molecule has 1 aromatic carbocycles. The van der Waals surface area contributed by atoms with Crippen molar-refractivity contribution in [3.05, 3.63) is 28.0 Å². The third-order valence-electron chi connectivity index (χ3n) is 3.41. The molecular weight excluding hydrogens is 229 g/mol. The van der Waals surface area contributed by atoms with Crippen molar-refractivity contribution in [2.75, 3.05) is 13.7 Å². The van der Waals surface area contributed by atoms with Crippen LogP contribution in [0.15, 0.2) is 6.07 Å². The van der Waals surface area contributed by atoms with Gasteiger partial charge in [0, 0.05) is 22.5 Å². The van der Waals surface area contributed by atoms with Gasteiger partial charge < -0.3 is 10.5 Å². The van der Waals surface area contributed by atoms with Gasteiger partial charge in [-0.1, -0.05) is 11.6 Å².